The van der Waals surface area contributed by atoms with Gasteiger partial charge in [0.15, 0.2) is 0 Å². The van der Waals surface area contributed by atoms with Gasteiger partial charge in [0.25, 0.3) is 0 Å². The second-order valence-corrected chi connectivity index (χ2v) is 20.7. The van der Waals surface area contributed by atoms with Gasteiger partial charge in [0.05, 0.1) is 108 Å². The van der Waals surface area contributed by atoms with Crippen molar-refractivity contribution in [2.24, 2.45) is 5.73 Å². The molecule has 0 unspecified atom stereocenters. The molecule has 23 nitrogen and oxygen atoms in total. The fraction of sp³-hybridized carbons (Fsp3) is 0.582. The molecule has 3 fully saturated rings. The number of carboxylic acids is 2. The molecule has 438 valence electrons. The number of aliphatic carboxylic acids is 2. The monoisotopic (exact) mass is 1140 g/mol. The number of nitrogens with one attached hydrogen (secondary N) is 2. The summed E-state index contributed by atoms with van der Waals surface area (Å²) in [4.78, 5) is 88.0. The van der Waals surface area contributed by atoms with Gasteiger partial charge in [-0.05, 0) is 61.2 Å². The maximum atomic E-state index is 15.0. The number of ether oxygens (including phenoxy) is 4. The maximum Gasteiger partial charge on any atom is 0.317 e. The van der Waals surface area contributed by atoms with Crippen LogP contribution in [0.5, 0.6) is 0 Å². The second kappa shape index (κ2) is 31.9. The summed E-state index contributed by atoms with van der Waals surface area (Å²) in [7, 11) is 0. The number of imidazole rings is 1. The van der Waals surface area contributed by atoms with Gasteiger partial charge in [0.1, 0.15) is 23.7 Å². The van der Waals surface area contributed by atoms with Crippen molar-refractivity contribution < 1.29 is 57.5 Å². The highest BCUT2D eigenvalue weighted by molar-refractivity contribution is 6.31. The van der Waals surface area contributed by atoms with Crippen molar-refractivity contribution in [2.75, 3.05) is 187 Å². The minimum Gasteiger partial charge on any atom is -0.480 e. The van der Waals surface area contributed by atoms with Gasteiger partial charge in [-0.15, -0.1) is 0 Å². The Labute approximate surface area is 471 Å². The highest BCUT2D eigenvalue weighted by atomic mass is 35.5. The number of fused-ring (bicyclic) bond motifs is 1. The molecule has 0 spiro atoms. The van der Waals surface area contributed by atoms with E-state index in [1.807, 2.05) is 52.1 Å². The zero-order chi connectivity index (χ0) is 56.8. The maximum absolute atomic E-state index is 15.0. The summed E-state index contributed by atoms with van der Waals surface area (Å²) in [5.74, 6) is -1.18. The number of aldehydes is 1. The molecule has 0 atom stereocenters. The number of pyridine rings is 1. The molecule has 0 saturated carbocycles. The summed E-state index contributed by atoms with van der Waals surface area (Å²) in [5, 5.41) is 22.3. The van der Waals surface area contributed by atoms with Crippen LogP contribution in [-0.2, 0) is 42.9 Å². The van der Waals surface area contributed by atoms with Gasteiger partial charge in [-0.2, -0.15) is 0 Å². The number of piperazine rings is 1. The first-order valence-corrected chi connectivity index (χ1v) is 27.9. The number of halogens is 2. The number of hydrogen-bond acceptors (Lipinski definition) is 18. The number of nitrogens with zero attached hydrogens (tertiary/aromatic N) is 9. The van der Waals surface area contributed by atoms with E-state index in [1.165, 1.54) is 6.07 Å². The van der Waals surface area contributed by atoms with Crippen LogP contribution in [0.4, 0.5) is 15.9 Å². The summed E-state index contributed by atoms with van der Waals surface area (Å²) >= 11 is 6.41. The Hall–Kier alpha value is -5.93. The summed E-state index contributed by atoms with van der Waals surface area (Å²) in [6.45, 7) is 11.3. The molecule has 7 rings (SSSR count). The zero-order valence-corrected chi connectivity index (χ0v) is 46.6. The van der Waals surface area contributed by atoms with Crippen LogP contribution in [0.25, 0.3) is 33.5 Å². The molecule has 3 aliphatic rings. The van der Waals surface area contributed by atoms with Gasteiger partial charge in [-0.25, -0.2) is 14.4 Å². The van der Waals surface area contributed by atoms with E-state index in [0.29, 0.717) is 142 Å². The number of piperidine rings is 1. The SMILES string of the molecule is Cc1cc(F)cc(-c2cnc(N3CCN(C(=O)CCOCCOCCOCCOCCNC(=O)CN4CCN(CC=O)CCN(CC(=O)O)CCN(CC(=O)O)CC4)CC3)c(-c3nc4ccc(Cl)cc4[nH]3)c2N2CCC(N)CC2)c1. The summed E-state index contributed by atoms with van der Waals surface area (Å²) in [6, 6.07) is 10.7. The summed E-state index contributed by atoms with van der Waals surface area (Å²) in [5.41, 5.74) is 11.9. The fourth-order valence-corrected chi connectivity index (χ4v) is 10.3. The molecule has 0 radical (unpaired) electrons. The largest absolute Gasteiger partial charge is 0.480 e. The second-order valence-electron chi connectivity index (χ2n) is 20.3. The van der Waals surface area contributed by atoms with Gasteiger partial charge < -0.3 is 64.7 Å². The quantitative estimate of drug-likeness (QED) is 0.0423. The number of nitrogens with two attached hydrogens (primary N) is 1. The Morgan fingerprint density at radius 3 is 1.90 bits per heavy atom. The first kappa shape index (κ1) is 61.7. The van der Waals surface area contributed by atoms with Gasteiger partial charge in [-0.1, -0.05) is 17.7 Å². The van der Waals surface area contributed by atoms with Crippen molar-refractivity contribution in [3.05, 3.63) is 59.0 Å². The molecule has 80 heavy (non-hydrogen) atoms. The molecule has 2 aromatic heterocycles. The number of carbonyl (C=O) groups excluding carboxylic acids is 3. The van der Waals surface area contributed by atoms with E-state index in [4.69, 9.17) is 46.3 Å². The number of amides is 2. The standard InChI is InChI=1S/C55H78ClFN12O11/c1-40-32-41(34-43(57)33-40)45-36-60-55(52(53(45)68-8-4-44(58)5-9-68)54-61-46-3-2-42(56)35-47(46)62-54)69-20-18-67(19-21-69)49(72)6-24-77-26-28-79-30-31-80-29-27-78-25-7-59-48(71)37-64-12-10-63(22-23-70)11-13-65(38-50(73)74)16-17-66(15-14-64)39-51(75)76/h2-3,23,32-36,44H,4-22,24-31,37-39,58H2,1H3,(H,59,71)(H,61,62)(H,73,74)(H,75,76). The number of carboxylic acid groups (broad SMARTS) is 2. The van der Waals surface area contributed by atoms with Gasteiger partial charge in [0.2, 0.25) is 11.8 Å². The molecule has 3 aliphatic heterocycles. The predicted molar refractivity (Wildman–Crippen MR) is 301 cm³/mol. The van der Waals surface area contributed by atoms with Crippen molar-refractivity contribution in [3.63, 3.8) is 0 Å². The molecule has 4 aromatic rings. The smallest absolute Gasteiger partial charge is 0.317 e. The third kappa shape index (κ3) is 19.4. The Bertz CT molecular complexity index is 2630. The highest BCUT2D eigenvalue weighted by Crippen LogP contribution is 2.45. The number of aryl methyl sites for hydroxylation is 1. The Morgan fingerprint density at radius 1 is 0.738 bits per heavy atom. The average Bonchev–Trinajstić information content (AvgIpc) is 4.00. The normalized spacial score (nSPS) is 17.1. The Morgan fingerprint density at radius 2 is 1.31 bits per heavy atom. The van der Waals surface area contributed by atoms with Gasteiger partial charge >= 0.3 is 11.9 Å². The summed E-state index contributed by atoms with van der Waals surface area (Å²) in [6.07, 6.45) is 4.46. The minimum absolute atomic E-state index is 0.000451. The lowest BCUT2D eigenvalue weighted by Gasteiger charge is -2.39. The van der Waals surface area contributed by atoms with Crippen LogP contribution in [0.3, 0.4) is 0 Å². The van der Waals surface area contributed by atoms with Crippen molar-refractivity contribution in [2.45, 2.75) is 32.2 Å². The van der Waals surface area contributed by atoms with Gasteiger partial charge in [0, 0.05) is 121 Å². The molecule has 6 N–H and O–H groups in total. The minimum atomic E-state index is -0.994. The molecule has 0 aliphatic carbocycles. The van der Waals surface area contributed by atoms with Crippen LogP contribution in [-0.4, -0.2) is 263 Å². The first-order valence-electron chi connectivity index (χ1n) is 27.6. The van der Waals surface area contributed by atoms with Crippen LogP contribution in [0, 0.1) is 12.7 Å². The number of carbonyl (C=O) groups is 5. The van der Waals surface area contributed by atoms with Crippen molar-refractivity contribution in [1.82, 2.24) is 44.8 Å². The lowest BCUT2D eigenvalue weighted by molar-refractivity contribution is -0.140. The number of rotatable bonds is 27. The van der Waals surface area contributed by atoms with E-state index in [0.717, 1.165) is 63.9 Å². The van der Waals surface area contributed by atoms with Crippen LogP contribution < -0.4 is 20.9 Å². The molecule has 0 bridgehead atoms. The van der Waals surface area contributed by atoms with Crippen LogP contribution >= 0.6 is 11.6 Å². The van der Waals surface area contributed by atoms with E-state index in [-0.39, 0.29) is 76.0 Å². The number of aromatic nitrogens is 3. The topological polar surface area (TPSA) is 265 Å². The number of H-pyrrole nitrogens is 1. The first-order chi connectivity index (χ1) is 38.7. The third-order valence-electron chi connectivity index (χ3n) is 14.3. The number of hydrogen-bond donors (Lipinski definition) is 5. The number of aromatic amines is 1. The molecule has 2 amide bonds. The van der Waals surface area contributed by atoms with Crippen LogP contribution in [0.1, 0.15) is 24.8 Å². The van der Waals surface area contributed by atoms with Crippen molar-refractivity contribution in [3.8, 4) is 22.5 Å². The highest BCUT2D eigenvalue weighted by Gasteiger charge is 2.32. The van der Waals surface area contributed by atoms with Crippen molar-refractivity contribution in [1.29, 1.82) is 0 Å². The lowest BCUT2D eigenvalue weighted by atomic mass is 9.96. The summed E-state index contributed by atoms with van der Waals surface area (Å²) < 4.78 is 37.6. The Kier molecular flexibility index (Phi) is 24.6. The Balaban J connectivity index is 0.779. The number of benzene rings is 2. The molecule has 2 aromatic carbocycles. The third-order valence-corrected chi connectivity index (χ3v) is 14.6. The van der Waals surface area contributed by atoms with E-state index in [2.05, 4.69) is 20.1 Å². The zero-order valence-electron chi connectivity index (χ0n) is 45.8. The van der Waals surface area contributed by atoms with E-state index >= 15 is 4.39 Å². The van der Waals surface area contributed by atoms with E-state index in [9.17, 15) is 34.2 Å². The molecule has 25 heteroatoms. The van der Waals surface area contributed by atoms with E-state index in [1.54, 1.807) is 15.9 Å². The average molecular weight is 1140 g/mol. The van der Waals surface area contributed by atoms with Crippen LogP contribution in [0.2, 0.25) is 5.02 Å². The molecule has 3 saturated heterocycles. The fourth-order valence-electron chi connectivity index (χ4n) is 10.1. The van der Waals surface area contributed by atoms with Crippen molar-refractivity contribution >= 4 is 64.2 Å². The predicted octanol–water partition coefficient (Wildman–Crippen LogP) is 2.13. The number of anilines is 2. The molecule has 5 heterocycles. The molecular formula is C55H78ClFN12O11. The molecular weight excluding hydrogens is 1060 g/mol. The van der Waals surface area contributed by atoms with Crippen LogP contribution in [0.15, 0.2) is 42.6 Å². The lowest BCUT2D eigenvalue weighted by Crippen LogP contribution is -2.49. The van der Waals surface area contributed by atoms with E-state index < -0.39 is 11.9 Å². The van der Waals surface area contributed by atoms with Gasteiger partial charge in [-0.3, -0.25) is 38.8 Å².